The highest BCUT2D eigenvalue weighted by Crippen LogP contribution is 2.23. The van der Waals surface area contributed by atoms with E-state index in [1.807, 2.05) is 17.0 Å². The zero-order valence-electron chi connectivity index (χ0n) is 10.9. The predicted molar refractivity (Wildman–Crippen MR) is 75.7 cm³/mol. The molecule has 104 valence electrons. The molecule has 0 atom stereocenters. The molecule has 2 N–H and O–H groups in total. The van der Waals surface area contributed by atoms with Crippen LogP contribution >= 0.6 is 11.6 Å². The van der Waals surface area contributed by atoms with E-state index in [2.05, 4.69) is 4.99 Å². The monoisotopic (exact) mass is 283 g/mol. The summed E-state index contributed by atoms with van der Waals surface area (Å²) >= 11 is 5.92. The zero-order valence-corrected chi connectivity index (χ0v) is 11.7. The van der Waals surface area contributed by atoms with Gasteiger partial charge >= 0.3 is 0 Å². The second-order valence-corrected chi connectivity index (χ2v) is 4.67. The van der Waals surface area contributed by atoms with Crippen molar-refractivity contribution in [2.45, 2.75) is 6.54 Å². The molecule has 6 heteroatoms. The van der Waals surface area contributed by atoms with Gasteiger partial charge in [0.05, 0.1) is 26.9 Å². The lowest BCUT2D eigenvalue weighted by Crippen LogP contribution is -2.44. The third-order valence-corrected chi connectivity index (χ3v) is 3.23. The molecule has 0 spiro atoms. The first-order valence-corrected chi connectivity index (χ1v) is 6.53. The molecule has 1 aliphatic heterocycles. The van der Waals surface area contributed by atoms with Crippen LogP contribution in [0.1, 0.15) is 5.56 Å². The minimum Gasteiger partial charge on any atom is -0.496 e. The van der Waals surface area contributed by atoms with Crippen LogP contribution < -0.4 is 10.5 Å². The van der Waals surface area contributed by atoms with E-state index in [9.17, 15) is 0 Å². The van der Waals surface area contributed by atoms with Gasteiger partial charge in [-0.3, -0.25) is 0 Å². The van der Waals surface area contributed by atoms with E-state index in [1.165, 1.54) is 0 Å². The molecule has 0 amide bonds. The Kier molecular flexibility index (Phi) is 4.87. The van der Waals surface area contributed by atoms with E-state index < -0.39 is 0 Å². The second kappa shape index (κ2) is 6.63. The molecule has 5 nitrogen and oxygen atoms in total. The summed E-state index contributed by atoms with van der Waals surface area (Å²) in [5, 5.41) is 0.644. The average molecular weight is 284 g/mol. The number of guanidine groups is 1. The SMILES string of the molecule is COc1cc(Cl)ccc1CN=C(N)N1CCOCC1. The molecule has 1 aromatic carbocycles. The number of morpholine rings is 1. The van der Waals surface area contributed by atoms with Gasteiger partial charge in [0.2, 0.25) is 0 Å². The molecule has 0 aromatic heterocycles. The van der Waals surface area contributed by atoms with Crippen molar-refractivity contribution >= 4 is 17.6 Å². The number of methoxy groups -OCH3 is 1. The number of halogens is 1. The maximum atomic E-state index is 5.97. The first-order valence-electron chi connectivity index (χ1n) is 6.15. The van der Waals surface area contributed by atoms with Crippen molar-refractivity contribution in [3.63, 3.8) is 0 Å². The lowest BCUT2D eigenvalue weighted by molar-refractivity contribution is 0.0674. The molecule has 0 radical (unpaired) electrons. The van der Waals surface area contributed by atoms with Gasteiger partial charge in [0.1, 0.15) is 5.75 Å². The summed E-state index contributed by atoms with van der Waals surface area (Å²) in [5.74, 6) is 1.27. The highest BCUT2D eigenvalue weighted by molar-refractivity contribution is 6.30. The third kappa shape index (κ3) is 3.75. The van der Waals surface area contributed by atoms with E-state index in [1.54, 1.807) is 13.2 Å². The number of hydrogen-bond donors (Lipinski definition) is 1. The van der Waals surface area contributed by atoms with Crippen LogP contribution in [0.3, 0.4) is 0 Å². The summed E-state index contributed by atoms with van der Waals surface area (Å²) in [7, 11) is 1.62. The number of ether oxygens (including phenoxy) is 2. The lowest BCUT2D eigenvalue weighted by atomic mass is 10.2. The Morgan fingerprint density at radius 2 is 2.21 bits per heavy atom. The van der Waals surface area contributed by atoms with Gasteiger partial charge < -0.3 is 20.1 Å². The molecule has 1 fully saturated rings. The van der Waals surface area contributed by atoms with Gasteiger partial charge in [-0.15, -0.1) is 0 Å². The Bertz CT molecular complexity index is 459. The Morgan fingerprint density at radius 3 is 2.89 bits per heavy atom. The first-order chi connectivity index (χ1) is 9.20. The Hall–Kier alpha value is -1.46. The topological polar surface area (TPSA) is 60.1 Å². The summed E-state index contributed by atoms with van der Waals surface area (Å²) in [5.41, 5.74) is 6.93. The molecule has 0 aliphatic carbocycles. The minimum absolute atomic E-state index is 0.476. The van der Waals surface area contributed by atoms with Crippen LogP contribution in [0.15, 0.2) is 23.2 Å². The summed E-state index contributed by atoms with van der Waals surface area (Å²) < 4.78 is 10.6. The van der Waals surface area contributed by atoms with E-state index in [-0.39, 0.29) is 0 Å². The molecule has 1 heterocycles. The molecule has 19 heavy (non-hydrogen) atoms. The van der Waals surface area contributed by atoms with Crippen molar-refractivity contribution in [1.29, 1.82) is 0 Å². The maximum Gasteiger partial charge on any atom is 0.191 e. The summed E-state index contributed by atoms with van der Waals surface area (Å²) in [6.45, 7) is 3.44. The average Bonchev–Trinajstić information content (AvgIpc) is 2.46. The molecular weight excluding hydrogens is 266 g/mol. The van der Waals surface area contributed by atoms with Crippen LogP contribution in [0, 0.1) is 0 Å². The minimum atomic E-state index is 0.476. The number of nitrogens with two attached hydrogens (primary N) is 1. The van der Waals surface area contributed by atoms with Gasteiger partial charge in [0.25, 0.3) is 0 Å². The first kappa shape index (κ1) is 14.0. The van der Waals surface area contributed by atoms with Gasteiger partial charge in [-0.05, 0) is 12.1 Å². The fourth-order valence-electron chi connectivity index (χ4n) is 1.91. The van der Waals surface area contributed by atoms with Gasteiger partial charge in [-0.25, -0.2) is 4.99 Å². The van der Waals surface area contributed by atoms with Crippen LogP contribution in [0.25, 0.3) is 0 Å². The van der Waals surface area contributed by atoms with Crippen LogP contribution in [0.4, 0.5) is 0 Å². The van der Waals surface area contributed by atoms with Gasteiger partial charge in [0, 0.05) is 23.7 Å². The second-order valence-electron chi connectivity index (χ2n) is 4.23. The Morgan fingerprint density at radius 1 is 1.47 bits per heavy atom. The van der Waals surface area contributed by atoms with E-state index in [4.69, 9.17) is 26.8 Å². The number of benzene rings is 1. The molecule has 0 saturated carbocycles. The van der Waals surface area contributed by atoms with Crippen molar-refractivity contribution in [1.82, 2.24) is 4.90 Å². The van der Waals surface area contributed by atoms with Crippen LogP contribution in [0.5, 0.6) is 5.75 Å². The number of rotatable bonds is 3. The molecule has 1 aliphatic rings. The molecule has 0 bridgehead atoms. The highest BCUT2D eigenvalue weighted by Gasteiger charge is 2.12. The number of hydrogen-bond acceptors (Lipinski definition) is 3. The molecule has 0 unspecified atom stereocenters. The number of aliphatic imine (C=N–C) groups is 1. The fourth-order valence-corrected chi connectivity index (χ4v) is 2.07. The molecular formula is C13H18ClN3O2. The Balaban J connectivity index is 2.04. The van der Waals surface area contributed by atoms with Crippen LogP contribution in [-0.4, -0.2) is 44.3 Å². The zero-order chi connectivity index (χ0) is 13.7. The van der Waals surface area contributed by atoms with E-state index in [0.29, 0.717) is 30.7 Å². The van der Waals surface area contributed by atoms with Gasteiger partial charge in [0.15, 0.2) is 5.96 Å². The van der Waals surface area contributed by atoms with Crippen molar-refractivity contribution in [3.05, 3.63) is 28.8 Å². The quantitative estimate of drug-likeness (QED) is 0.674. The molecule has 2 rings (SSSR count). The van der Waals surface area contributed by atoms with E-state index >= 15 is 0 Å². The summed E-state index contributed by atoms with van der Waals surface area (Å²) in [4.78, 5) is 6.42. The van der Waals surface area contributed by atoms with Crippen molar-refractivity contribution in [3.8, 4) is 5.75 Å². The highest BCUT2D eigenvalue weighted by atomic mass is 35.5. The largest absolute Gasteiger partial charge is 0.496 e. The summed E-state index contributed by atoms with van der Waals surface area (Å²) in [6.07, 6.45) is 0. The van der Waals surface area contributed by atoms with Crippen molar-refractivity contribution in [2.24, 2.45) is 10.7 Å². The fraction of sp³-hybridized carbons (Fsp3) is 0.462. The van der Waals surface area contributed by atoms with E-state index in [0.717, 1.165) is 24.4 Å². The lowest BCUT2D eigenvalue weighted by Gasteiger charge is -2.27. The van der Waals surface area contributed by atoms with Gasteiger partial charge in [-0.1, -0.05) is 17.7 Å². The van der Waals surface area contributed by atoms with Crippen LogP contribution in [-0.2, 0) is 11.3 Å². The normalized spacial score (nSPS) is 16.5. The van der Waals surface area contributed by atoms with Gasteiger partial charge in [-0.2, -0.15) is 0 Å². The number of nitrogens with zero attached hydrogens (tertiary/aromatic N) is 2. The predicted octanol–water partition coefficient (Wildman–Crippen LogP) is 1.50. The smallest absolute Gasteiger partial charge is 0.191 e. The molecule has 1 aromatic rings. The summed E-state index contributed by atoms with van der Waals surface area (Å²) in [6, 6.07) is 5.49. The maximum absolute atomic E-state index is 5.97. The van der Waals surface area contributed by atoms with Crippen LogP contribution in [0.2, 0.25) is 5.02 Å². The van der Waals surface area contributed by atoms with Crippen molar-refractivity contribution in [2.75, 3.05) is 33.4 Å². The van der Waals surface area contributed by atoms with Crippen molar-refractivity contribution < 1.29 is 9.47 Å². The standard InChI is InChI=1S/C13H18ClN3O2/c1-18-12-8-11(14)3-2-10(12)9-16-13(15)17-4-6-19-7-5-17/h2-3,8H,4-7,9H2,1H3,(H2,15,16). The molecule has 1 saturated heterocycles. The Labute approximate surface area is 118 Å². The third-order valence-electron chi connectivity index (χ3n) is 3.00.